The van der Waals surface area contributed by atoms with Crippen LogP contribution in [0, 0.1) is 5.82 Å². The summed E-state index contributed by atoms with van der Waals surface area (Å²) in [6.45, 7) is -0.986. The van der Waals surface area contributed by atoms with Crippen molar-refractivity contribution < 1.29 is 28.2 Å². The molecule has 0 radical (unpaired) electrons. The number of anilines is 1. The maximum atomic E-state index is 12.9. The normalized spacial score (nSPS) is 10.0. The SMILES string of the molecule is COc1ccc(C(=O)NCC(=O)OCC(=O)Nc2ccc(F)cc2Cl)cc1. The molecule has 0 bridgehead atoms. The van der Waals surface area contributed by atoms with Crippen molar-refractivity contribution in [1.29, 1.82) is 0 Å². The average Bonchev–Trinajstić information content (AvgIpc) is 2.66. The van der Waals surface area contributed by atoms with Crippen molar-refractivity contribution in [2.75, 3.05) is 25.6 Å². The van der Waals surface area contributed by atoms with E-state index in [1.54, 1.807) is 24.3 Å². The molecule has 0 aliphatic heterocycles. The second kappa shape index (κ2) is 9.54. The van der Waals surface area contributed by atoms with Crippen LogP contribution < -0.4 is 15.4 Å². The Labute approximate surface area is 159 Å². The number of amides is 2. The van der Waals surface area contributed by atoms with Gasteiger partial charge in [0.25, 0.3) is 11.8 Å². The van der Waals surface area contributed by atoms with Crippen LogP contribution in [-0.4, -0.2) is 38.0 Å². The molecule has 2 aromatic carbocycles. The van der Waals surface area contributed by atoms with Gasteiger partial charge in [0.2, 0.25) is 0 Å². The summed E-state index contributed by atoms with van der Waals surface area (Å²) in [6.07, 6.45) is 0. The Bertz CT molecular complexity index is 842. The van der Waals surface area contributed by atoms with Crippen LogP contribution in [0.4, 0.5) is 10.1 Å². The Morgan fingerprint density at radius 2 is 1.81 bits per heavy atom. The summed E-state index contributed by atoms with van der Waals surface area (Å²) < 4.78 is 22.7. The first-order valence-corrected chi connectivity index (χ1v) is 8.09. The molecule has 0 fully saturated rings. The van der Waals surface area contributed by atoms with Crippen LogP contribution in [0.2, 0.25) is 5.02 Å². The zero-order valence-electron chi connectivity index (χ0n) is 14.3. The summed E-state index contributed by atoms with van der Waals surface area (Å²) in [5.41, 5.74) is 0.527. The van der Waals surface area contributed by atoms with E-state index in [1.165, 1.54) is 13.2 Å². The third-order valence-corrected chi connectivity index (χ3v) is 3.63. The first-order chi connectivity index (χ1) is 12.9. The molecule has 2 rings (SSSR count). The highest BCUT2D eigenvalue weighted by molar-refractivity contribution is 6.33. The van der Waals surface area contributed by atoms with Crippen molar-refractivity contribution in [3.63, 3.8) is 0 Å². The van der Waals surface area contributed by atoms with E-state index < -0.39 is 36.8 Å². The van der Waals surface area contributed by atoms with E-state index in [0.717, 1.165) is 12.1 Å². The standard InChI is InChI=1S/C18H16ClFN2O5/c1-26-13-5-2-11(3-6-13)18(25)21-9-17(24)27-10-16(23)22-15-7-4-12(20)8-14(15)19/h2-8H,9-10H2,1H3,(H,21,25)(H,22,23). The summed E-state index contributed by atoms with van der Waals surface area (Å²) in [7, 11) is 1.51. The fourth-order valence-corrected chi connectivity index (χ4v) is 2.19. The lowest BCUT2D eigenvalue weighted by Gasteiger charge is -2.09. The molecule has 0 atom stereocenters. The van der Waals surface area contributed by atoms with Gasteiger partial charge in [0.1, 0.15) is 18.1 Å². The Hall–Kier alpha value is -3.13. The highest BCUT2D eigenvalue weighted by Crippen LogP contribution is 2.22. The van der Waals surface area contributed by atoms with Crippen LogP contribution in [-0.2, 0) is 14.3 Å². The second-order valence-electron chi connectivity index (χ2n) is 5.24. The van der Waals surface area contributed by atoms with Crippen molar-refractivity contribution >= 4 is 35.1 Å². The van der Waals surface area contributed by atoms with Crippen molar-refractivity contribution in [3.8, 4) is 5.75 Å². The molecule has 0 saturated heterocycles. The molecule has 0 saturated carbocycles. The van der Waals surface area contributed by atoms with E-state index in [1.807, 2.05) is 0 Å². The molecule has 0 heterocycles. The van der Waals surface area contributed by atoms with Crippen LogP contribution in [0.3, 0.4) is 0 Å². The second-order valence-corrected chi connectivity index (χ2v) is 5.65. The van der Waals surface area contributed by atoms with E-state index in [0.29, 0.717) is 11.3 Å². The van der Waals surface area contributed by atoms with Gasteiger partial charge in [0.05, 0.1) is 17.8 Å². The quantitative estimate of drug-likeness (QED) is 0.703. The third-order valence-electron chi connectivity index (χ3n) is 3.31. The Balaban J connectivity index is 1.74. The molecule has 2 aromatic rings. The van der Waals surface area contributed by atoms with Gasteiger partial charge in [-0.05, 0) is 42.5 Å². The minimum atomic E-state index is -0.794. The third kappa shape index (κ3) is 6.27. The van der Waals surface area contributed by atoms with Crippen LogP contribution in [0.25, 0.3) is 0 Å². The average molecular weight is 395 g/mol. The van der Waals surface area contributed by atoms with Gasteiger partial charge >= 0.3 is 5.97 Å². The highest BCUT2D eigenvalue weighted by Gasteiger charge is 2.12. The summed E-state index contributed by atoms with van der Waals surface area (Å²) in [4.78, 5) is 35.3. The first-order valence-electron chi connectivity index (χ1n) is 7.72. The van der Waals surface area contributed by atoms with E-state index in [4.69, 9.17) is 21.1 Å². The molecule has 2 amide bonds. The number of carbonyl (C=O) groups is 3. The number of hydrogen-bond acceptors (Lipinski definition) is 5. The lowest BCUT2D eigenvalue weighted by molar-refractivity contribution is -0.146. The number of hydrogen-bond donors (Lipinski definition) is 2. The number of esters is 1. The molecule has 142 valence electrons. The molecule has 0 aromatic heterocycles. The Morgan fingerprint density at radius 3 is 2.44 bits per heavy atom. The van der Waals surface area contributed by atoms with Crippen molar-refractivity contribution in [3.05, 3.63) is 58.9 Å². The molecule has 7 nitrogen and oxygen atoms in total. The molecule has 0 aliphatic carbocycles. The number of ether oxygens (including phenoxy) is 2. The molecule has 9 heteroatoms. The lowest BCUT2D eigenvalue weighted by atomic mass is 10.2. The van der Waals surface area contributed by atoms with Crippen LogP contribution in [0.1, 0.15) is 10.4 Å². The highest BCUT2D eigenvalue weighted by atomic mass is 35.5. The van der Waals surface area contributed by atoms with E-state index in [2.05, 4.69) is 10.6 Å². The van der Waals surface area contributed by atoms with E-state index >= 15 is 0 Å². The van der Waals surface area contributed by atoms with Gasteiger partial charge in [0, 0.05) is 5.56 Å². The summed E-state index contributed by atoms with van der Waals surface area (Å²) in [5.74, 6) is -1.87. The first kappa shape index (κ1) is 20.2. The number of carbonyl (C=O) groups excluding carboxylic acids is 3. The number of rotatable bonds is 7. The lowest BCUT2D eigenvalue weighted by Crippen LogP contribution is -2.32. The van der Waals surface area contributed by atoms with Crippen molar-refractivity contribution in [1.82, 2.24) is 5.32 Å². The largest absolute Gasteiger partial charge is 0.497 e. The van der Waals surface area contributed by atoms with E-state index in [-0.39, 0.29) is 10.7 Å². The zero-order chi connectivity index (χ0) is 19.8. The van der Waals surface area contributed by atoms with Gasteiger partial charge in [-0.3, -0.25) is 14.4 Å². The summed E-state index contributed by atoms with van der Waals surface area (Å²) >= 11 is 5.78. The predicted octanol–water partition coefficient (Wildman–Crippen LogP) is 2.40. The molecule has 0 aliphatic rings. The number of nitrogens with one attached hydrogen (secondary N) is 2. The monoisotopic (exact) mass is 394 g/mol. The van der Waals surface area contributed by atoms with Gasteiger partial charge in [-0.2, -0.15) is 0 Å². The fraction of sp³-hybridized carbons (Fsp3) is 0.167. The fourth-order valence-electron chi connectivity index (χ4n) is 1.97. The van der Waals surface area contributed by atoms with Gasteiger partial charge < -0.3 is 20.1 Å². The van der Waals surface area contributed by atoms with Gasteiger partial charge in [-0.15, -0.1) is 0 Å². The molecule has 2 N–H and O–H groups in total. The maximum Gasteiger partial charge on any atom is 0.325 e. The topological polar surface area (TPSA) is 93.7 Å². The van der Waals surface area contributed by atoms with Gasteiger partial charge in [-0.25, -0.2) is 4.39 Å². The van der Waals surface area contributed by atoms with Gasteiger partial charge in [0.15, 0.2) is 6.61 Å². The smallest absolute Gasteiger partial charge is 0.325 e. The molecule has 0 unspecified atom stereocenters. The van der Waals surface area contributed by atoms with Crippen LogP contribution in [0.15, 0.2) is 42.5 Å². The Morgan fingerprint density at radius 1 is 1.11 bits per heavy atom. The molecular formula is C18H16ClFN2O5. The summed E-state index contributed by atoms with van der Waals surface area (Å²) in [6, 6.07) is 9.75. The predicted molar refractivity (Wildman–Crippen MR) is 96.3 cm³/mol. The van der Waals surface area contributed by atoms with Gasteiger partial charge in [-0.1, -0.05) is 11.6 Å². The zero-order valence-corrected chi connectivity index (χ0v) is 15.0. The van der Waals surface area contributed by atoms with Crippen molar-refractivity contribution in [2.45, 2.75) is 0 Å². The Kier molecular flexibility index (Phi) is 7.13. The molecule has 27 heavy (non-hydrogen) atoms. The minimum absolute atomic E-state index is 0.0152. The van der Waals surface area contributed by atoms with Crippen LogP contribution in [0.5, 0.6) is 5.75 Å². The van der Waals surface area contributed by atoms with Crippen LogP contribution >= 0.6 is 11.6 Å². The van der Waals surface area contributed by atoms with Crippen molar-refractivity contribution in [2.24, 2.45) is 0 Å². The number of benzene rings is 2. The number of methoxy groups -OCH3 is 1. The molecule has 0 spiro atoms. The minimum Gasteiger partial charge on any atom is -0.497 e. The maximum absolute atomic E-state index is 12.9. The summed E-state index contributed by atoms with van der Waals surface area (Å²) in [5, 5.41) is 4.77. The van der Waals surface area contributed by atoms with E-state index in [9.17, 15) is 18.8 Å². The molecular weight excluding hydrogens is 379 g/mol. The number of halogens is 2.